The van der Waals surface area contributed by atoms with Gasteiger partial charge in [0.15, 0.2) is 0 Å². The van der Waals surface area contributed by atoms with Gasteiger partial charge < -0.3 is 18.2 Å². The van der Waals surface area contributed by atoms with Crippen molar-refractivity contribution in [3.63, 3.8) is 0 Å². The van der Waals surface area contributed by atoms with Crippen LogP contribution in [0.5, 0.6) is 5.75 Å². The third-order valence-corrected chi connectivity index (χ3v) is 2.55. The predicted molar refractivity (Wildman–Crippen MR) is 66.6 cm³/mol. The number of aliphatic carboxylic acids is 2. The Hall–Kier alpha value is -0.300. The first-order valence-electron chi connectivity index (χ1n) is 5.42. The van der Waals surface area contributed by atoms with Crippen LogP contribution < -0.4 is 59.1 Å². The molecule has 7 heteroatoms. The van der Waals surface area contributed by atoms with Gasteiger partial charge in [0.05, 0.1) is 5.57 Å². The maximum absolute atomic E-state index is 11.1. The van der Waals surface area contributed by atoms with E-state index in [0.29, 0.717) is 5.56 Å². The number of hydrogen-bond donors (Lipinski definition) is 3. The van der Waals surface area contributed by atoms with Gasteiger partial charge in [0.25, 0.3) is 0 Å². The summed E-state index contributed by atoms with van der Waals surface area (Å²) < 4.78 is 0. The molecule has 0 fully saturated rings. The van der Waals surface area contributed by atoms with Crippen molar-refractivity contribution in [3.05, 3.63) is 41.0 Å². The van der Waals surface area contributed by atoms with Crippen molar-refractivity contribution >= 4 is 11.9 Å². The fourth-order valence-electron chi connectivity index (χ4n) is 1.62. The van der Waals surface area contributed by atoms with Crippen LogP contribution in [0.25, 0.3) is 0 Å². The van der Waals surface area contributed by atoms with Gasteiger partial charge in [-0.05, 0) is 24.1 Å². The Kier molecular flexibility index (Phi) is 11.5. The monoisotopic (exact) mass is 298 g/mol. The quantitative estimate of drug-likeness (QED) is 0.381. The van der Waals surface area contributed by atoms with Gasteiger partial charge in [0.2, 0.25) is 0 Å². The van der Waals surface area contributed by atoms with Crippen LogP contribution in [0.3, 0.4) is 0 Å². The van der Waals surface area contributed by atoms with Crippen molar-refractivity contribution in [2.24, 2.45) is 0 Å². The molecule has 20 heavy (non-hydrogen) atoms. The maximum Gasteiger partial charge on any atom is 1.00 e. The zero-order valence-electron chi connectivity index (χ0n) is 13.9. The Labute approximate surface area is 164 Å². The first-order valence-corrected chi connectivity index (χ1v) is 5.42. The number of rotatable bonds is 5. The van der Waals surface area contributed by atoms with Gasteiger partial charge in [-0.3, -0.25) is 0 Å². The largest absolute Gasteiger partial charge is 1.00 e. The number of carboxylic acids is 2. The summed E-state index contributed by atoms with van der Waals surface area (Å²) in [6.07, 6.45) is 0.167. The summed E-state index contributed by atoms with van der Waals surface area (Å²) in [4.78, 5) is 22.1. The normalized spacial score (nSPS) is 10.7. The van der Waals surface area contributed by atoms with Crippen LogP contribution in [0.15, 0.2) is 35.4 Å². The molecule has 1 aromatic rings. The van der Waals surface area contributed by atoms with Crippen LogP contribution in [-0.4, -0.2) is 27.3 Å². The van der Waals surface area contributed by atoms with E-state index in [1.54, 1.807) is 19.1 Å². The van der Waals surface area contributed by atoms with E-state index in [4.69, 9.17) is 15.3 Å². The van der Waals surface area contributed by atoms with E-state index in [1.165, 1.54) is 12.1 Å². The van der Waals surface area contributed by atoms with Gasteiger partial charge in [-0.25, -0.2) is 9.59 Å². The van der Waals surface area contributed by atoms with E-state index in [1.807, 2.05) is 0 Å². The number of phenols is 1. The molecule has 3 N–H and O–H groups in total. The van der Waals surface area contributed by atoms with E-state index in [9.17, 15) is 9.59 Å². The molecule has 0 bridgehead atoms. The molecule has 0 aliphatic rings. The molecule has 0 saturated heterocycles. The summed E-state index contributed by atoms with van der Waals surface area (Å²) in [6.45, 7) is 1.60. The van der Waals surface area contributed by atoms with Gasteiger partial charge in [-0.15, -0.1) is 0 Å². The first kappa shape index (κ1) is 22.0. The number of carbonyl (C=O) groups is 2. The average molecular weight is 298 g/mol. The van der Waals surface area contributed by atoms with Crippen molar-refractivity contribution < 1.29 is 86.9 Å². The van der Waals surface area contributed by atoms with Crippen LogP contribution in [0.1, 0.15) is 21.8 Å². The number of benzene rings is 1. The van der Waals surface area contributed by atoms with Crippen molar-refractivity contribution in [2.75, 3.05) is 0 Å². The molecule has 0 atom stereocenters. The van der Waals surface area contributed by atoms with Crippen LogP contribution in [-0.2, 0) is 16.0 Å². The summed E-state index contributed by atoms with van der Waals surface area (Å²) >= 11 is 0. The third-order valence-electron chi connectivity index (χ3n) is 2.55. The summed E-state index contributed by atoms with van der Waals surface area (Å²) in [5.41, 5.74) is 0.406. The van der Waals surface area contributed by atoms with Gasteiger partial charge in [0, 0.05) is 12.0 Å². The minimum Gasteiger partial charge on any atom is -1.00 e. The smallest absolute Gasteiger partial charge is 1.00 e. The van der Waals surface area contributed by atoms with Crippen LogP contribution >= 0.6 is 0 Å². The molecule has 0 amide bonds. The van der Waals surface area contributed by atoms with Crippen LogP contribution in [0.4, 0.5) is 0 Å². The van der Waals surface area contributed by atoms with Crippen molar-refractivity contribution in [2.45, 2.75) is 19.8 Å². The van der Waals surface area contributed by atoms with Crippen molar-refractivity contribution in [1.29, 1.82) is 0 Å². The number of phenolic OH excluding ortho intramolecular Hbond substituents is 1. The molecule has 100 valence electrons. The molecule has 0 saturated carbocycles. The maximum atomic E-state index is 11.1. The van der Waals surface area contributed by atoms with E-state index in [2.05, 4.69) is 0 Å². The van der Waals surface area contributed by atoms with Crippen molar-refractivity contribution in [3.8, 4) is 5.75 Å². The molecule has 0 aromatic heterocycles. The minimum absolute atomic E-state index is 0. The molecular formula is C13H16Na2O5. The Balaban J connectivity index is -0.000000405. The summed E-state index contributed by atoms with van der Waals surface area (Å²) in [7, 11) is 0. The molecule has 0 aliphatic carbocycles. The van der Waals surface area contributed by atoms with Crippen molar-refractivity contribution in [1.82, 2.24) is 0 Å². The van der Waals surface area contributed by atoms with E-state index < -0.39 is 11.9 Å². The summed E-state index contributed by atoms with van der Waals surface area (Å²) in [5.74, 6) is -2.37. The summed E-state index contributed by atoms with van der Waals surface area (Å²) in [5, 5.41) is 27.1. The first-order chi connectivity index (χ1) is 8.45. The Morgan fingerprint density at radius 3 is 1.80 bits per heavy atom. The molecule has 0 spiro atoms. The number of hydrogen-bond acceptors (Lipinski definition) is 3. The molecule has 1 rings (SSSR count). The SMILES string of the molecule is CC/C(C(=O)O)=C(\Cc1ccc(O)cc1)C(=O)O.[H-].[H-].[Na+].[Na+]. The van der Waals surface area contributed by atoms with Crippen LogP contribution in [0, 0.1) is 0 Å². The molecule has 5 nitrogen and oxygen atoms in total. The standard InChI is InChI=1S/C13H14O5.2Na.2H/c1-2-10(12(15)16)11(13(17)18)7-8-3-5-9(14)6-4-8;;;;/h3-6,14H,2,7H2,1H3,(H,15,16)(H,17,18);;;;/q;2*+1;2*-1/b11-10-;;;;. The fourth-order valence-corrected chi connectivity index (χ4v) is 1.62. The second-order valence-electron chi connectivity index (χ2n) is 3.76. The predicted octanol–water partition coefficient (Wildman–Crippen LogP) is -3.96. The Bertz CT molecular complexity index is 504. The Morgan fingerprint density at radius 2 is 1.45 bits per heavy atom. The van der Waals surface area contributed by atoms with E-state index >= 15 is 0 Å². The third kappa shape index (κ3) is 6.43. The second-order valence-corrected chi connectivity index (χ2v) is 3.76. The topological polar surface area (TPSA) is 94.8 Å². The van der Waals surface area contributed by atoms with Gasteiger partial charge in [-0.2, -0.15) is 0 Å². The second kappa shape index (κ2) is 10.4. The van der Waals surface area contributed by atoms with E-state index in [0.717, 1.165) is 0 Å². The van der Waals surface area contributed by atoms with Gasteiger partial charge >= 0.3 is 71.1 Å². The Morgan fingerprint density at radius 1 is 1.00 bits per heavy atom. The molecule has 0 aliphatic heterocycles. The average Bonchev–Trinajstić information content (AvgIpc) is 2.30. The van der Waals surface area contributed by atoms with E-state index in [-0.39, 0.29) is 91.7 Å². The molecular weight excluding hydrogens is 282 g/mol. The molecule has 0 heterocycles. The number of aromatic hydroxyl groups is 1. The van der Waals surface area contributed by atoms with Gasteiger partial charge in [0.1, 0.15) is 5.75 Å². The molecule has 0 unspecified atom stereocenters. The minimum atomic E-state index is -1.23. The zero-order chi connectivity index (χ0) is 13.7. The zero-order valence-corrected chi connectivity index (χ0v) is 15.9. The fraction of sp³-hybridized carbons (Fsp3) is 0.231. The van der Waals surface area contributed by atoms with Gasteiger partial charge in [-0.1, -0.05) is 19.1 Å². The molecule has 1 aromatic carbocycles. The van der Waals surface area contributed by atoms with Crippen LogP contribution in [0.2, 0.25) is 0 Å². The number of carboxylic acid groups (broad SMARTS) is 2. The molecule has 0 radical (unpaired) electrons. The summed E-state index contributed by atoms with van der Waals surface area (Å²) in [6, 6.07) is 5.99.